The first kappa shape index (κ1) is 11.9. The average Bonchev–Trinajstić information content (AvgIpc) is 2.35. The van der Waals surface area contributed by atoms with Gasteiger partial charge in [0.15, 0.2) is 10.3 Å². The largest absolute Gasteiger partial charge is 0.330 e. The van der Waals surface area contributed by atoms with E-state index in [0.29, 0.717) is 16.9 Å². The van der Waals surface area contributed by atoms with E-state index in [0.717, 1.165) is 17.5 Å². The molecular weight excluding hydrogens is 234 g/mol. The third kappa shape index (κ3) is 3.47. The normalized spacial score (nSPS) is 10.5. The minimum absolute atomic E-state index is 0.608. The van der Waals surface area contributed by atoms with Crippen molar-refractivity contribution in [2.75, 3.05) is 6.54 Å². The van der Waals surface area contributed by atoms with E-state index in [2.05, 4.69) is 19.9 Å². The van der Waals surface area contributed by atoms with Crippen molar-refractivity contribution >= 4 is 11.8 Å². The van der Waals surface area contributed by atoms with Crippen LogP contribution in [-0.2, 0) is 6.42 Å². The molecule has 0 unspecified atom stereocenters. The molecule has 2 rings (SSSR count). The fraction of sp³-hybridized carbons (Fsp3) is 0.273. The molecule has 2 aromatic rings. The molecule has 0 aliphatic carbocycles. The molecule has 0 aliphatic heterocycles. The van der Waals surface area contributed by atoms with Crippen molar-refractivity contribution in [2.45, 2.75) is 23.7 Å². The van der Waals surface area contributed by atoms with Crippen molar-refractivity contribution in [3.8, 4) is 0 Å². The lowest BCUT2D eigenvalue weighted by atomic mass is 10.2. The first-order valence-corrected chi connectivity index (χ1v) is 6.07. The third-order valence-corrected chi connectivity index (χ3v) is 2.84. The summed E-state index contributed by atoms with van der Waals surface area (Å²) in [5, 5.41) is 1.30. The van der Waals surface area contributed by atoms with Crippen LogP contribution in [0.25, 0.3) is 0 Å². The fourth-order valence-corrected chi connectivity index (χ4v) is 1.79. The van der Waals surface area contributed by atoms with E-state index in [9.17, 15) is 0 Å². The fourth-order valence-electron chi connectivity index (χ4n) is 1.21. The molecule has 0 spiro atoms. The molecule has 0 saturated carbocycles. The van der Waals surface area contributed by atoms with Crippen LogP contribution in [0.3, 0.4) is 0 Å². The molecular formula is C11H13N5S. The number of aryl methyl sites for hydroxylation is 1. The van der Waals surface area contributed by atoms with Crippen LogP contribution >= 0.6 is 11.8 Å². The SMILES string of the molecule is Cc1cnc(Sc2ncc(CCN)cn2)nc1. The van der Waals surface area contributed by atoms with Gasteiger partial charge < -0.3 is 5.73 Å². The highest BCUT2D eigenvalue weighted by Gasteiger charge is 2.03. The van der Waals surface area contributed by atoms with Crippen LogP contribution in [0.2, 0.25) is 0 Å². The highest BCUT2D eigenvalue weighted by Crippen LogP contribution is 2.19. The van der Waals surface area contributed by atoms with E-state index in [1.807, 2.05) is 6.92 Å². The molecule has 0 saturated heterocycles. The van der Waals surface area contributed by atoms with Gasteiger partial charge in [0, 0.05) is 24.8 Å². The lowest BCUT2D eigenvalue weighted by Crippen LogP contribution is -2.03. The van der Waals surface area contributed by atoms with Crippen LogP contribution in [0.5, 0.6) is 0 Å². The molecule has 0 amide bonds. The van der Waals surface area contributed by atoms with Gasteiger partial charge in [-0.3, -0.25) is 0 Å². The number of hydrogen-bond donors (Lipinski definition) is 1. The predicted molar refractivity (Wildman–Crippen MR) is 65.7 cm³/mol. The lowest BCUT2D eigenvalue weighted by molar-refractivity contribution is 0.880. The summed E-state index contributed by atoms with van der Waals surface area (Å²) in [6.45, 7) is 2.56. The van der Waals surface area contributed by atoms with Gasteiger partial charge in [0.1, 0.15) is 0 Å². The number of aromatic nitrogens is 4. The summed E-state index contributed by atoms with van der Waals surface area (Å²) in [5.41, 5.74) is 7.53. The summed E-state index contributed by atoms with van der Waals surface area (Å²) in [6.07, 6.45) is 7.93. The second-order valence-corrected chi connectivity index (χ2v) is 4.49. The van der Waals surface area contributed by atoms with E-state index in [1.165, 1.54) is 11.8 Å². The number of nitrogens with zero attached hydrogens (tertiary/aromatic N) is 4. The van der Waals surface area contributed by atoms with Gasteiger partial charge in [-0.1, -0.05) is 0 Å². The third-order valence-electron chi connectivity index (χ3n) is 2.05. The Hall–Kier alpha value is -1.53. The molecule has 6 heteroatoms. The first-order valence-electron chi connectivity index (χ1n) is 5.25. The van der Waals surface area contributed by atoms with Gasteiger partial charge in [-0.05, 0) is 42.8 Å². The second kappa shape index (κ2) is 5.70. The van der Waals surface area contributed by atoms with E-state index in [1.54, 1.807) is 24.8 Å². The van der Waals surface area contributed by atoms with Crippen molar-refractivity contribution in [1.82, 2.24) is 19.9 Å². The molecule has 0 radical (unpaired) electrons. The maximum atomic E-state index is 5.46. The van der Waals surface area contributed by atoms with Crippen molar-refractivity contribution in [3.63, 3.8) is 0 Å². The molecule has 0 fully saturated rings. The molecule has 0 aromatic carbocycles. The lowest BCUT2D eigenvalue weighted by Gasteiger charge is -2.00. The highest BCUT2D eigenvalue weighted by molar-refractivity contribution is 7.99. The van der Waals surface area contributed by atoms with Gasteiger partial charge in [-0.25, -0.2) is 19.9 Å². The van der Waals surface area contributed by atoms with Gasteiger partial charge >= 0.3 is 0 Å². The Morgan fingerprint density at radius 1 is 1.00 bits per heavy atom. The van der Waals surface area contributed by atoms with Crippen LogP contribution in [0, 0.1) is 6.92 Å². The Morgan fingerprint density at radius 3 is 2.06 bits per heavy atom. The maximum Gasteiger partial charge on any atom is 0.195 e. The molecule has 0 bridgehead atoms. The average molecular weight is 247 g/mol. The van der Waals surface area contributed by atoms with Gasteiger partial charge in [0.2, 0.25) is 0 Å². The summed E-state index contributed by atoms with van der Waals surface area (Å²) < 4.78 is 0. The molecule has 17 heavy (non-hydrogen) atoms. The van der Waals surface area contributed by atoms with Crippen LogP contribution < -0.4 is 5.73 Å². The Kier molecular flexibility index (Phi) is 4.00. The number of rotatable bonds is 4. The Labute approximate surface area is 104 Å². The zero-order valence-electron chi connectivity index (χ0n) is 9.50. The maximum absolute atomic E-state index is 5.46. The second-order valence-electron chi connectivity index (χ2n) is 3.56. The van der Waals surface area contributed by atoms with E-state index >= 15 is 0 Å². The number of nitrogens with two attached hydrogens (primary N) is 1. The predicted octanol–water partition coefficient (Wildman–Crippen LogP) is 1.23. The zero-order chi connectivity index (χ0) is 12.1. The molecule has 88 valence electrons. The highest BCUT2D eigenvalue weighted by atomic mass is 32.2. The minimum Gasteiger partial charge on any atom is -0.330 e. The summed E-state index contributed by atoms with van der Waals surface area (Å²) in [6, 6.07) is 0. The molecule has 2 N–H and O–H groups in total. The Bertz CT molecular complexity index is 468. The summed E-state index contributed by atoms with van der Waals surface area (Å²) in [4.78, 5) is 16.8. The summed E-state index contributed by atoms with van der Waals surface area (Å²) >= 11 is 1.35. The monoisotopic (exact) mass is 247 g/mol. The molecule has 0 aliphatic rings. The van der Waals surface area contributed by atoms with E-state index in [-0.39, 0.29) is 0 Å². The van der Waals surface area contributed by atoms with Crippen LogP contribution in [0.1, 0.15) is 11.1 Å². The quantitative estimate of drug-likeness (QED) is 0.819. The minimum atomic E-state index is 0.608. The van der Waals surface area contributed by atoms with Crippen LogP contribution in [0.15, 0.2) is 35.1 Å². The Morgan fingerprint density at radius 2 is 1.53 bits per heavy atom. The van der Waals surface area contributed by atoms with Crippen molar-refractivity contribution in [2.24, 2.45) is 5.73 Å². The van der Waals surface area contributed by atoms with Crippen LogP contribution in [0.4, 0.5) is 0 Å². The summed E-state index contributed by atoms with van der Waals surface area (Å²) in [7, 11) is 0. The van der Waals surface area contributed by atoms with Gasteiger partial charge in [0.25, 0.3) is 0 Å². The van der Waals surface area contributed by atoms with Gasteiger partial charge in [-0.15, -0.1) is 0 Å². The number of hydrogen-bond acceptors (Lipinski definition) is 6. The molecule has 0 atom stereocenters. The molecule has 2 aromatic heterocycles. The zero-order valence-corrected chi connectivity index (χ0v) is 10.3. The standard InChI is InChI=1S/C11H13N5S/c1-8-4-13-10(14-5-8)17-11-15-6-9(2-3-12)7-16-11/h4-7H,2-3,12H2,1H3. The Balaban J connectivity index is 2.05. The van der Waals surface area contributed by atoms with E-state index < -0.39 is 0 Å². The van der Waals surface area contributed by atoms with Crippen molar-refractivity contribution in [1.29, 1.82) is 0 Å². The summed E-state index contributed by atoms with van der Waals surface area (Å²) in [5.74, 6) is 0. The van der Waals surface area contributed by atoms with Crippen LogP contribution in [-0.4, -0.2) is 26.5 Å². The first-order chi connectivity index (χ1) is 8.28. The van der Waals surface area contributed by atoms with Crippen molar-refractivity contribution < 1.29 is 0 Å². The van der Waals surface area contributed by atoms with Gasteiger partial charge in [-0.2, -0.15) is 0 Å². The molecule has 2 heterocycles. The van der Waals surface area contributed by atoms with Gasteiger partial charge in [0.05, 0.1) is 0 Å². The van der Waals surface area contributed by atoms with E-state index in [4.69, 9.17) is 5.73 Å². The molecule has 5 nitrogen and oxygen atoms in total. The topological polar surface area (TPSA) is 77.6 Å². The van der Waals surface area contributed by atoms with Crippen molar-refractivity contribution in [3.05, 3.63) is 35.9 Å². The smallest absolute Gasteiger partial charge is 0.195 e.